The van der Waals surface area contributed by atoms with Crippen LogP contribution in [0.25, 0.3) is 0 Å². The number of urea groups is 1. The molecule has 0 radical (unpaired) electrons. The zero-order valence-electron chi connectivity index (χ0n) is 11.1. The highest BCUT2D eigenvalue weighted by Gasteiger charge is 2.35. The Kier molecular flexibility index (Phi) is 4.78. The summed E-state index contributed by atoms with van der Waals surface area (Å²) in [6.45, 7) is 3.17. The van der Waals surface area contributed by atoms with Gasteiger partial charge in [-0.2, -0.15) is 0 Å². The average Bonchev–Trinajstić information content (AvgIpc) is 2.36. The van der Waals surface area contributed by atoms with Gasteiger partial charge in [0, 0.05) is 18.6 Å². The van der Waals surface area contributed by atoms with Gasteiger partial charge >= 0.3 is 12.0 Å². The summed E-state index contributed by atoms with van der Waals surface area (Å²) in [6, 6.07) is 6.68. The van der Waals surface area contributed by atoms with E-state index in [1.807, 2.05) is 6.07 Å². The maximum atomic E-state index is 11.9. The van der Waals surface area contributed by atoms with Crippen LogP contribution in [0.4, 0.5) is 4.79 Å². The van der Waals surface area contributed by atoms with Gasteiger partial charge in [-0.05, 0) is 25.5 Å². The Morgan fingerprint density at radius 1 is 1.37 bits per heavy atom. The number of nitrogens with one attached hydrogen (secondary N) is 1. The van der Waals surface area contributed by atoms with Gasteiger partial charge in [0.2, 0.25) is 0 Å². The Labute approximate surface area is 117 Å². The molecule has 0 atom stereocenters. The van der Waals surface area contributed by atoms with Crippen LogP contribution < -0.4 is 5.32 Å². The molecule has 1 rings (SSSR count). The highest BCUT2D eigenvalue weighted by molar-refractivity contribution is 6.31. The molecule has 1 aromatic carbocycles. The van der Waals surface area contributed by atoms with Crippen molar-refractivity contribution in [3.8, 4) is 0 Å². The van der Waals surface area contributed by atoms with Gasteiger partial charge in [0.15, 0.2) is 0 Å². The quantitative estimate of drug-likeness (QED) is 0.892. The maximum absolute atomic E-state index is 11.9. The molecule has 0 aliphatic carbocycles. The first-order valence-corrected chi connectivity index (χ1v) is 6.13. The fourth-order valence-electron chi connectivity index (χ4n) is 1.33. The first-order valence-electron chi connectivity index (χ1n) is 5.75. The molecule has 0 saturated carbocycles. The van der Waals surface area contributed by atoms with E-state index in [9.17, 15) is 9.59 Å². The molecule has 2 amide bonds. The van der Waals surface area contributed by atoms with E-state index in [0.717, 1.165) is 10.5 Å². The molecule has 0 aromatic heterocycles. The molecule has 0 fully saturated rings. The van der Waals surface area contributed by atoms with Crippen molar-refractivity contribution in [3.63, 3.8) is 0 Å². The number of hydrogen-bond acceptors (Lipinski definition) is 2. The normalized spacial score (nSPS) is 10.9. The topological polar surface area (TPSA) is 69.6 Å². The largest absolute Gasteiger partial charge is 0.480 e. The summed E-state index contributed by atoms with van der Waals surface area (Å²) in [4.78, 5) is 24.1. The van der Waals surface area contributed by atoms with Gasteiger partial charge < -0.3 is 15.3 Å². The predicted octanol–water partition coefficient (Wildman–Crippen LogP) is 2.34. The van der Waals surface area contributed by atoms with Crippen LogP contribution in [0.3, 0.4) is 0 Å². The Bertz CT molecular complexity index is 489. The number of hydrogen-bond donors (Lipinski definition) is 2. The third-order valence-corrected chi connectivity index (χ3v) is 3.42. The van der Waals surface area contributed by atoms with Gasteiger partial charge in [-0.3, -0.25) is 0 Å². The third kappa shape index (κ3) is 3.61. The van der Waals surface area contributed by atoms with Gasteiger partial charge in [0.05, 0.1) is 0 Å². The van der Waals surface area contributed by atoms with Crippen molar-refractivity contribution in [3.05, 3.63) is 34.9 Å². The van der Waals surface area contributed by atoms with E-state index in [1.54, 1.807) is 18.2 Å². The van der Waals surface area contributed by atoms with E-state index >= 15 is 0 Å². The highest BCUT2D eigenvalue weighted by atomic mass is 35.5. The summed E-state index contributed by atoms with van der Waals surface area (Å²) in [7, 11) is 1.44. The van der Waals surface area contributed by atoms with Crippen LogP contribution in [-0.4, -0.2) is 34.6 Å². The third-order valence-electron chi connectivity index (χ3n) is 3.05. The fourth-order valence-corrected chi connectivity index (χ4v) is 1.53. The van der Waals surface area contributed by atoms with Gasteiger partial charge in [-0.1, -0.05) is 29.8 Å². The van der Waals surface area contributed by atoms with E-state index < -0.39 is 17.5 Å². The number of carbonyl (C=O) groups excluding carboxylic acids is 1. The van der Waals surface area contributed by atoms with Crippen LogP contribution in [0.15, 0.2) is 24.3 Å². The molecule has 0 heterocycles. The Hall–Kier alpha value is -1.75. The highest BCUT2D eigenvalue weighted by Crippen LogP contribution is 2.15. The lowest BCUT2D eigenvalue weighted by Gasteiger charge is -2.31. The minimum atomic E-state index is -1.27. The summed E-state index contributed by atoms with van der Waals surface area (Å²) >= 11 is 5.97. The van der Waals surface area contributed by atoms with Crippen molar-refractivity contribution in [1.82, 2.24) is 10.2 Å². The molecule has 1 aromatic rings. The smallest absolute Gasteiger partial charge is 0.329 e. The zero-order valence-corrected chi connectivity index (χ0v) is 11.9. The molecular formula is C13H17ClN2O3. The van der Waals surface area contributed by atoms with Crippen LogP contribution in [0.2, 0.25) is 5.02 Å². The second-order valence-corrected chi connectivity index (χ2v) is 5.08. The lowest BCUT2D eigenvalue weighted by molar-refractivity contribution is -0.146. The van der Waals surface area contributed by atoms with Crippen molar-refractivity contribution in [2.45, 2.75) is 25.9 Å². The number of carbonyl (C=O) groups is 2. The van der Waals surface area contributed by atoms with Crippen molar-refractivity contribution < 1.29 is 14.7 Å². The number of rotatable bonds is 4. The maximum Gasteiger partial charge on any atom is 0.329 e. The molecule has 0 bridgehead atoms. The molecule has 0 aliphatic rings. The monoisotopic (exact) mass is 284 g/mol. The number of likely N-dealkylation sites (N-methyl/N-ethyl adjacent to an activating group) is 1. The van der Waals surface area contributed by atoms with E-state index in [1.165, 1.54) is 20.9 Å². The Morgan fingerprint density at radius 2 is 1.95 bits per heavy atom. The van der Waals surface area contributed by atoms with E-state index in [0.29, 0.717) is 5.02 Å². The zero-order chi connectivity index (χ0) is 14.6. The van der Waals surface area contributed by atoms with Gasteiger partial charge in [0.1, 0.15) is 5.54 Å². The van der Waals surface area contributed by atoms with Crippen molar-refractivity contribution in [2.24, 2.45) is 0 Å². The van der Waals surface area contributed by atoms with Crippen molar-refractivity contribution in [1.29, 1.82) is 0 Å². The van der Waals surface area contributed by atoms with E-state index in [4.69, 9.17) is 16.7 Å². The second-order valence-electron chi connectivity index (χ2n) is 4.67. The summed E-state index contributed by atoms with van der Waals surface area (Å²) in [5.74, 6) is -1.07. The standard InChI is InChI=1S/C13H17ClN2O3/c1-13(2,11(17)18)16(3)12(19)15-8-9-6-4-5-7-10(9)14/h4-7H,8H2,1-3H3,(H,15,19)(H,17,18). The SMILES string of the molecule is CN(C(=O)NCc1ccccc1Cl)C(C)(C)C(=O)O. The summed E-state index contributed by atoms with van der Waals surface area (Å²) in [5, 5.41) is 12.2. The van der Waals surface area contributed by atoms with Crippen LogP contribution in [0.1, 0.15) is 19.4 Å². The van der Waals surface area contributed by atoms with Gasteiger partial charge in [-0.15, -0.1) is 0 Å². The molecule has 19 heavy (non-hydrogen) atoms. The van der Waals surface area contributed by atoms with E-state index in [2.05, 4.69) is 5.32 Å². The van der Waals surface area contributed by atoms with Crippen LogP contribution in [0, 0.1) is 0 Å². The van der Waals surface area contributed by atoms with E-state index in [-0.39, 0.29) is 6.54 Å². The van der Waals surface area contributed by atoms with Crippen LogP contribution >= 0.6 is 11.6 Å². The predicted molar refractivity (Wildman–Crippen MR) is 73.2 cm³/mol. The molecule has 0 spiro atoms. The second kappa shape index (κ2) is 5.93. The van der Waals surface area contributed by atoms with Crippen molar-refractivity contribution >= 4 is 23.6 Å². The number of aliphatic carboxylic acids is 1. The first-order chi connectivity index (χ1) is 8.76. The Morgan fingerprint density at radius 3 is 2.47 bits per heavy atom. The van der Waals surface area contributed by atoms with Gasteiger partial charge in [0.25, 0.3) is 0 Å². The summed E-state index contributed by atoms with van der Waals surface area (Å²) in [6.07, 6.45) is 0. The van der Waals surface area contributed by atoms with Gasteiger partial charge in [-0.25, -0.2) is 9.59 Å². The lowest BCUT2D eigenvalue weighted by atomic mass is 10.1. The molecule has 5 nitrogen and oxygen atoms in total. The fraction of sp³-hybridized carbons (Fsp3) is 0.385. The lowest BCUT2D eigenvalue weighted by Crippen LogP contribution is -2.53. The number of amides is 2. The number of benzene rings is 1. The Balaban J connectivity index is 2.66. The van der Waals surface area contributed by atoms with Crippen LogP contribution in [-0.2, 0) is 11.3 Å². The first kappa shape index (κ1) is 15.3. The van der Waals surface area contributed by atoms with Crippen molar-refractivity contribution in [2.75, 3.05) is 7.05 Å². The molecule has 104 valence electrons. The summed E-state index contributed by atoms with van der Waals surface area (Å²) in [5.41, 5.74) is -0.496. The minimum absolute atomic E-state index is 0.249. The number of nitrogens with zero attached hydrogens (tertiary/aromatic N) is 1. The number of carboxylic acids is 1. The molecular weight excluding hydrogens is 268 g/mol. The molecule has 6 heteroatoms. The summed E-state index contributed by atoms with van der Waals surface area (Å²) < 4.78 is 0. The molecule has 0 saturated heterocycles. The molecule has 0 unspecified atom stereocenters. The number of halogens is 1. The number of carboxylic acid groups (broad SMARTS) is 1. The van der Waals surface area contributed by atoms with Crippen LogP contribution in [0.5, 0.6) is 0 Å². The minimum Gasteiger partial charge on any atom is -0.480 e. The average molecular weight is 285 g/mol. The molecule has 0 aliphatic heterocycles. The molecule has 2 N–H and O–H groups in total.